The molecule has 3 unspecified atom stereocenters. The van der Waals surface area contributed by atoms with E-state index in [4.69, 9.17) is 5.73 Å². The van der Waals surface area contributed by atoms with Gasteiger partial charge in [-0.1, -0.05) is 26.7 Å². The number of carbonyl (C=O) groups is 1. The standard InChI is InChI=1S/C11H22N2O/c1-3-5-8-7-10(8)13-11(14)9(12)6-4-2/h8-10H,3-7,12H2,1-2H3,(H,13,14). The topological polar surface area (TPSA) is 55.1 Å². The summed E-state index contributed by atoms with van der Waals surface area (Å²) in [7, 11) is 0. The molecule has 0 spiro atoms. The molecule has 0 bridgehead atoms. The lowest BCUT2D eigenvalue weighted by Gasteiger charge is -2.10. The summed E-state index contributed by atoms with van der Waals surface area (Å²) in [6.07, 6.45) is 5.35. The van der Waals surface area contributed by atoms with Gasteiger partial charge in [-0.15, -0.1) is 0 Å². The van der Waals surface area contributed by atoms with Crippen molar-refractivity contribution in [3.05, 3.63) is 0 Å². The van der Waals surface area contributed by atoms with Crippen LogP contribution in [0.15, 0.2) is 0 Å². The van der Waals surface area contributed by atoms with Crippen molar-refractivity contribution in [1.82, 2.24) is 5.32 Å². The van der Waals surface area contributed by atoms with Gasteiger partial charge in [0.05, 0.1) is 6.04 Å². The van der Waals surface area contributed by atoms with Crippen LogP contribution in [0.3, 0.4) is 0 Å². The molecule has 1 fully saturated rings. The Balaban J connectivity index is 2.16. The van der Waals surface area contributed by atoms with Crippen molar-refractivity contribution in [3.63, 3.8) is 0 Å². The molecule has 82 valence electrons. The van der Waals surface area contributed by atoms with Gasteiger partial charge >= 0.3 is 0 Å². The summed E-state index contributed by atoms with van der Waals surface area (Å²) in [6, 6.07) is 0.119. The van der Waals surface area contributed by atoms with Gasteiger partial charge in [0.2, 0.25) is 5.91 Å². The first-order valence-corrected chi connectivity index (χ1v) is 5.75. The van der Waals surface area contributed by atoms with E-state index < -0.39 is 0 Å². The van der Waals surface area contributed by atoms with Gasteiger partial charge in [-0.25, -0.2) is 0 Å². The lowest BCUT2D eigenvalue weighted by molar-refractivity contribution is -0.122. The third kappa shape index (κ3) is 3.29. The van der Waals surface area contributed by atoms with E-state index in [0.29, 0.717) is 6.04 Å². The summed E-state index contributed by atoms with van der Waals surface area (Å²) < 4.78 is 0. The Kier molecular flexibility index (Phi) is 4.39. The zero-order valence-electron chi connectivity index (χ0n) is 9.25. The minimum absolute atomic E-state index is 0.0375. The van der Waals surface area contributed by atoms with Gasteiger partial charge < -0.3 is 11.1 Å². The summed E-state index contributed by atoms with van der Waals surface area (Å²) in [6.45, 7) is 4.23. The van der Waals surface area contributed by atoms with Gasteiger partial charge in [0.1, 0.15) is 0 Å². The molecule has 3 nitrogen and oxygen atoms in total. The fraction of sp³-hybridized carbons (Fsp3) is 0.909. The highest BCUT2D eigenvalue weighted by atomic mass is 16.2. The minimum atomic E-state index is -0.303. The molecule has 0 saturated heterocycles. The molecule has 1 rings (SSSR count). The zero-order chi connectivity index (χ0) is 10.6. The second-order valence-corrected chi connectivity index (χ2v) is 4.29. The molecule has 0 aromatic rings. The molecule has 14 heavy (non-hydrogen) atoms. The zero-order valence-corrected chi connectivity index (χ0v) is 9.25. The maximum absolute atomic E-state index is 11.5. The third-order valence-corrected chi connectivity index (χ3v) is 2.85. The maximum atomic E-state index is 11.5. The number of hydrogen-bond acceptors (Lipinski definition) is 2. The van der Waals surface area contributed by atoms with E-state index in [9.17, 15) is 4.79 Å². The Morgan fingerprint density at radius 1 is 1.50 bits per heavy atom. The van der Waals surface area contributed by atoms with Crippen LogP contribution in [0, 0.1) is 5.92 Å². The Morgan fingerprint density at radius 3 is 2.79 bits per heavy atom. The van der Waals surface area contributed by atoms with E-state index in [1.54, 1.807) is 0 Å². The highest BCUT2D eigenvalue weighted by Gasteiger charge is 2.37. The normalized spacial score (nSPS) is 27.1. The lowest BCUT2D eigenvalue weighted by atomic mass is 10.1. The average Bonchev–Trinajstić information content (AvgIpc) is 2.84. The van der Waals surface area contributed by atoms with Crippen LogP contribution in [-0.2, 0) is 4.79 Å². The molecule has 0 heterocycles. The molecule has 0 aromatic carbocycles. The smallest absolute Gasteiger partial charge is 0.237 e. The first kappa shape index (κ1) is 11.5. The molecule has 1 aliphatic rings. The number of hydrogen-bond donors (Lipinski definition) is 2. The SMILES string of the molecule is CCCC(N)C(=O)NC1CC1CCC. The first-order valence-electron chi connectivity index (χ1n) is 5.75. The maximum Gasteiger partial charge on any atom is 0.237 e. The Hall–Kier alpha value is -0.570. The molecular formula is C11H22N2O. The predicted molar refractivity (Wildman–Crippen MR) is 57.8 cm³/mol. The quantitative estimate of drug-likeness (QED) is 0.678. The molecule has 3 atom stereocenters. The van der Waals surface area contributed by atoms with Crippen molar-refractivity contribution in [2.75, 3.05) is 0 Å². The number of carbonyl (C=O) groups excluding carboxylic acids is 1. The molecule has 3 heteroatoms. The van der Waals surface area contributed by atoms with Crippen molar-refractivity contribution in [2.24, 2.45) is 11.7 Å². The van der Waals surface area contributed by atoms with E-state index >= 15 is 0 Å². The largest absolute Gasteiger partial charge is 0.352 e. The molecule has 1 amide bonds. The van der Waals surface area contributed by atoms with Crippen LogP contribution in [0.5, 0.6) is 0 Å². The lowest BCUT2D eigenvalue weighted by Crippen LogP contribution is -2.41. The van der Waals surface area contributed by atoms with E-state index in [1.807, 2.05) is 6.92 Å². The Labute approximate surface area is 86.4 Å². The summed E-state index contributed by atoms with van der Waals surface area (Å²) in [5, 5.41) is 3.01. The van der Waals surface area contributed by atoms with E-state index in [1.165, 1.54) is 12.8 Å². The number of rotatable bonds is 6. The van der Waals surface area contributed by atoms with Crippen LogP contribution < -0.4 is 11.1 Å². The van der Waals surface area contributed by atoms with Gasteiger partial charge in [0.25, 0.3) is 0 Å². The fourth-order valence-electron chi connectivity index (χ4n) is 1.85. The van der Waals surface area contributed by atoms with Crippen LogP contribution in [-0.4, -0.2) is 18.0 Å². The molecule has 1 saturated carbocycles. The monoisotopic (exact) mass is 198 g/mol. The van der Waals surface area contributed by atoms with Crippen molar-refractivity contribution in [1.29, 1.82) is 0 Å². The summed E-state index contributed by atoms with van der Waals surface area (Å²) in [5.74, 6) is 0.758. The Bertz CT molecular complexity index is 194. The van der Waals surface area contributed by atoms with Crippen LogP contribution in [0.25, 0.3) is 0 Å². The molecule has 0 aliphatic heterocycles. The fourth-order valence-corrected chi connectivity index (χ4v) is 1.85. The van der Waals surface area contributed by atoms with Crippen LogP contribution in [0.2, 0.25) is 0 Å². The number of nitrogens with one attached hydrogen (secondary N) is 1. The van der Waals surface area contributed by atoms with Crippen molar-refractivity contribution in [3.8, 4) is 0 Å². The van der Waals surface area contributed by atoms with Crippen LogP contribution >= 0.6 is 0 Å². The van der Waals surface area contributed by atoms with Crippen molar-refractivity contribution < 1.29 is 4.79 Å². The summed E-state index contributed by atoms with van der Waals surface area (Å²) in [5.41, 5.74) is 5.71. The van der Waals surface area contributed by atoms with Gasteiger partial charge in [-0.2, -0.15) is 0 Å². The van der Waals surface area contributed by atoms with Gasteiger partial charge in [-0.05, 0) is 25.2 Å². The molecule has 3 N–H and O–H groups in total. The second-order valence-electron chi connectivity index (χ2n) is 4.29. The van der Waals surface area contributed by atoms with E-state index in [0.717, 1.165) is 25.2 Å². The highest BCUT2D eigenvalue weighted by Crippen LogP contribution is 2.34. The van der Waals surface area contributed by atoms with Gasteiger partial charge in [0.15, 0.2) is 0 Å². The molecule has 1 aliphatic carbocycles. The van der Waals surface area contributed by atoms with Gasteiger partial charge in [-0.3, -0.25) is 4.79 Å². The Morgan fingerprint density at radius 2 is 2.21 bits per heavy atom. The van der Waals surface area contributed by atoms with Crippen molar-refractivity contribution in [2.45, 2.75) is 58.0 Å². The summed E-state index contributed by atoms with van der Waals surface area (Å²) in [4.78, 5) is 11.5. The number of amides is 1. The minimum Gasteiger partial charge on any atom is -0.352 e. The first-order chi connectivity index (χ1) is 6.69. The molecular weight excluding hydrogens is 176 g/mol. The van der Waals surface area contributed by atoms with Crippen molar-refractivity contribution >= 4 is 5.91 Å². The van der Waals surface area contributed by atoms with Crippen LogP contribution in [0.1, 0.15) is 46.0 Å². The van der Waals surface area contributed by atoms with Gasteiger partial charge in [0, 0.05) is 6.04 Å². The van der Waals surface area contributed by atoms with E-state index in [-0.39, 0.29) is 11.9 Å². The molecule has 0 aromatic heterocycles. The molecule has 0 radical (unpaired) electrons. The third-order valence-electron chi connectivity index (χ3n) is 2.85. The summed E-state index contributed by atoms with van der Waals surface area (Å²) >= 11 is 0. The second kappa shape index (κ2) is 5.35. The number of nitrogens with two attached hydrogens (primary N) is 1. The highest BCUT2D eigenvalue weighted by molar-refractivity contribution is 5.82. The van der Waals surface area contributed by atoms with E-state index in [2.05, 4.69) is 12.2 Å². The average molecular weight is 198 g/mol. The van der Waals surface area contributed by atoms with Crippen LogP contribution in [0.4, 0.5) is 0 Å². The predicted octanol–water partition coefficient (Wildman–Crippen LogP) is 1.42.